The number of likely N-dealkylation sites (tertiary alicyclic amines) is 1. The number of nitrogens with zero attached hydrogens (tertiary/aromatic N) is 2. The Morgan fingerprint density at radius 2 is 2.23 bits per heavy atom. The van der Waals surface area contributed by atoms with E-state index < -0.39 is 5.92 Å². The highest BCUT2D eigenvalue weighted by atomic mass is 19.3. The first kappa shape index (κ1) is 15.4. The number of halogens is 2. The zero-order valence-electron chi connectivity index (χ0n) is 12.8. The molecule has 22 heavy (non-hydrogen) atoms. The minimum Gasteiger partial charge on any atom is -0.360 e. The van der Waals surface area contributed by atoms with Crippen LogP contribution in [-0.2, 0) is 0 Å². The summed E-state index contributed by atoms with van der Waals surface area (Å²) < 4.78 is 31.3. The Balaban J connectivity index is 1.56. The van der Waals surface area contributed by atoms with Gasteiger partial charge in [0, 0.05) is 38.0 Å². The third kappa shape index (κ3) is 3.63. The predicted octanol–water partition coefficient (Wildman–Crippen LogP) is 2.26. The lowest BCUT2D eigenvalue weighted by Crippen LogP contribution is -2.41. The number of nitrogens with one attached hydrogen (secondary N) is 1. The quantitative estimate of drug-likeness (QED) is 0.906. The van der Waals surface area contributed by atoms with Crippen molar-refractivity contribution < 1.29 is 18.1 Å². The lowest BCUT2D eigenvalue weighted by atomic mass is 10.1. The standard InChI is InChI=1S/C15H21F2N3O2/c1-9-6-20(8-15(2,16)17)7-12(9)18-14(21)11-5-13(22-19-11)10-3-4-10/h5,9-10,12H,3-4,6-8H2,1-2H3,(H,18,21)/t9-,12-/m1/s1. The van der Waals surface area contributed by atoms with Crippen molar-refractivity contribution in [2.75, 3.05) is 19.6 Å². The van der Waals surface area contributed by atoms with Gasteiger partial charge >= 0.3 is 0 Å². The third-order valence-corrected chi connectivity index (χ3v) is 4.25. The molecule has 0 aromatic carbocycles. The molecule has 2 atom stereocenters. The van der Waals surface area contributed by atoms with Crippen LogP contribution in [0.25, 0.3) is 0 Å². The molecule has 1 aromatic rings. The number of carbonyl (C=O) groups excluding carboxylic acids is 1. The Bertz CT molecular complexity index is 551. The smallest absolute Gasteiger partial charge is 0.273 e. The highest BCUT2D eigenvalue weighted by Crippen LogP contribution is 2.40. The van der Waals surface area contributed by atoms with Crippen LogP contribution in [0.4, 0.5) is 8.78 Å². The number of amides is 1. The van der Waals surface area contributed by atoms with Crippen LogP contribution in [0, 0.1) is 5.92 Å². The summed E-state index contributed by atoms with van der Waals surface area (Å²) in [5.41, 5.74) is 0.272. The van der Waals surface area contributed by atoms with E-state index in [1.165, 1.54) is 0 Å². The van der Waals surface area contributed by atoms with E-state index in [4.69, 9.17) is 4.52 Å². The first-order valence-corrected chi connectivity index (χ1v) is 7.69. The van der Waals surface area contributed by atoms with Crippen LogP contribution in [0.3, 0.4) is 0 Å². The summed E-state index contributed by atoms with van der Waals surface area (Å²) in [6, 6.07) is 1.54. The van der Waals surface area contributed by atoms with Crippen molar-refractivity contribution in [3.05, 3.63) is 17.5 Å². The summed E-state index contributed by atoms with van der Waals surface area (Å²) in [4.78, 5) is 13.9. The molecule has 7 heteroatoms. The van der Waals surface area contributed by atoms with E-state index in [1.807, 2.05) is 6.92 Å². The van der Waals surface area contributed by atoms with Gasteiger partial charge in [0.1, 0.15) is 5.76 Å². The number of hydrogen-bond donors (Lipinski definition) is 1. The van der Waals surface area contributed by atoms with Gasteiger partial charge in [0.25, 0.3) is 11.8 Å². The zero-order chi connectivity index (χ0) is 15.9. The van der Waals surface area contributed by atoms with E-state index in [0.29, 0.717) is 19.0 Å². The molecule has 1 aliphatic heterocycles. The third-order valence-electron chi connectivity index (χ3n) is 4.25. The minimum absolute atomic E-state index is 0.126. The second kappa shape index (κ2) is 5.61. The number of alkyl halides is 2. The Morgan fingerprint density at radius 3 is 2.86 bits per heavy atom. The summed E-state index contributed by atoms with van der Waals surface area (Å²) in [6.45, 7) is 3.58. The number of hydrogen-bond acceptors (Lipinski definition) is 4. The van der Waals surface area contributed by atoms with E-state index in [2.05, 4.69) is 10.5 Å². The summed E-state index contributed by atoms with van der Waals surface area (Å²) in [5, 5.41) is 6.69. The van der Waals surface area contributed by atoms with Crippen molar-refractivity contribution >= 4 is 5.91 Å². The summed E-state index contributed by atoms with van der Waals surface area (Å²) >= 11 is 0. The van der Waals surface area contributed by atoms with Gasteiger partial charge in [0.2, 0.25) is 0 Å². The van der Waals surface area contributed by atoms with Gasteiger partial charge in [-0.05, 0) is 18.8 Å². The molecular formula is C15H21F2N3O2. The molecule has 1 aromatic heterocycles. The second-order valence-electron chi connectivity index (χ2n) is 6.71. The fourth-order valence-electron chi connectivity index (χ4n) is 2.98. The van der Waals surface area contributed by atoms with Crippen LogP contribution >= 0.6 is 0 Å². The molecule has 0 spiro atoms. The molecule has 1 amide bonds. The highest BCUT2D eigenvalue weighted by molar-refractivity contribution is 5.92. The van der Waals surface area contributed by atoms with E-state index in [0.717, 1.165) is 25.5 Å². The van der Waals surface area contributed by atoms with Gasteiger partial charge in [-0.15, -0.1) is 0 Å². The molecule has 0 unspecified atom stereocenters. The van der Waals surface area contributed by atoms with Crippen molar-refractivity contribution in [1.82, 2.24) is 15.4 Å². The van der Waals surface area contributed by atoms with Gasteiger partial charge < -0.3 is 9.84 Å². The maximum absolute atomic E-state index is 13.1. The fourth-order valence-corrected chi connectivity index (χ4v) is 2.98. The average molecular weight is 313 g/mol. The van der Waals surface area contributed by atoms with E-state index in [1.54, 1.807) is 11.0 Å². The minimum atomic E-state index is -2.72. The molecule has 2 heterocycles. The van der Waals surface area contributed by atoms with Crippen LogP contribution < -0.4 is 5.32 Å². The van der Waals surface area contributed by atoms with Crippen molar-refractivity contribution in [1.29, 1.82) is 0 Å². The molecule has 122 valence electrons. The molecular weight excluding hydrogens is 292 g/mol. The van der Waals surface area contributed by atoms with Gasteiger partial charge in [0.15, 0.2) is 5.69 Å². The average Bonchev–Trinajstić information content (AvgIpc) is 3.03. The SMILES string of the molecule is C[C@@H]1CN(CC(C)(F)F)C[C@H]1NC(=O)c1cc(C2CC2)on1. The lowest BCUT2D eigenvalue weighted by Gasteiger charge is -2.20. The lowest BCUT2D eigenvalue weighted by molar-refractivity contribution is -0.00949. The molecule has 1 saturated carbocycles. The van der Waals surface area contributed by atoms with Crippen LogP contribution in [0.2, 0.25) is 0 Å². The molecule has 1 N–H and O–H groups in total. The van der Waals surface area contributed by atoms with Crippen molar-refractivity contribution in [2.45, 2.75) is 44.6 Å². The molecule has 0 bridgehead atoms. The Morgan fingerprint density at radius 1 is 1.50 bits per heavy atom. The fraction of sp³-hybridized carbons (Fsp3) is 0.733. The number of aromatic nitrogens is 1. The Kier molecular flexibility index (Phi) is 3.92. The highest BCUT2D eigenvalue weighted by Gasteiger charge is 2.36. The molecule has 2 fully saturated rings. The van der Waals surface area contributed by atoms with Gasteiger partial charge in [-0.1, -0.05) is 12.1 Å². The largest absolute Gasteiger partial charge is 0.360 e. The monoisotopic (exact) mass is 313 g/mol. The Labute approximate surface area is 128 Å². The number of carbonyl (C=O) groups is 1. The maximum atomic E-state index is 13.1. The van der Waals surface area contributed by atoms with Crippen molar-refractivity contribution in [2.24, 2.45) is 5.92 Å². The summed E-state index contributed by atoms with van der Waals surface area (Å²) in [7, 11) is 0. The van der Waals surface area contributed by atoms with Gasteiger partial charge in [-0.2, -0.15) is 0 Å². The van der Waals surface area contributed by atoms with Crippen molar-refractivity contribution in [3.8, 4) is 0 Å². The molecule has 3 rings (SSSR count). The van der Waals surface area contributed by atoms with Crippen LogP contribution in [-0.4, -0.2) is 47.6 Å². The summed E-state index contributed by atoms with van der Waals surface area (Å²) in [5.74, 6) is -1.72. The molecule has 1 saturated heterocycles. The van der Waals surface area contributed by atoms with Crippen LogP contribution in [0.5, 0.6) is 0 Å². The van der Waals surface area contributed by atoms with Crippen molar-refractivity contribution in [3.63, 3.8) is 0 Å². The second-order valence-corrected chi connectivity index (χ2v) is 6.71. The van der Waals surface area contributed by atoms with Gasteiger partial charge in [0.05, 0.1) is 6.54 Å². The first-order chi connectivity index (χ1) is 10.3. The van der Waals surface area contributed by atoms with Gasteiger partial charge in [-0.3, -0.25) is 9.69 Å². The van der Waals surface area contributed by atoms with Gasteiger partial charge in [-0.25, -0.2) is 8.78 Å². The van der Waals surface area contributed by atoms with E-state index in [9.17, 15) is 13.6 Å². The summed E-state index contributed by atoms with van der Waals surface area (Å²) in [6.07, 6.45) is 2.16. The maximum Gasteiger partial charge on any atom is 0.273 e. The van der Waals surface area contributed by atoms with E-state index in [-0.39, 0.29) is 30.1 Å². The molecule has 0 radical (unpaired) electrons. The molecule has 1 aliphatic carbocycles. The first-order valence-electron chi connectivity index (χ1n) is 7.69. The molecule has 5 nitrogen and oxygen atoms in total. The Hall–Kier alpha value is -1.50. The number of rotatable bonds is 5. The topological polar surface area (TPSA) is 58.4 Å². The van der Waals surface area contributed by atoms with Crippen LogP contribution in [0.1, 0.15) is 48.9 Å². The zero-order valence-corrected chi connectivity index (χ0v) is 12.8. The predicted molar refractivity (Wildman–Crippen MR) is 76.0 cm³/mol. The normalized spacial score (nSPS) is 26.4. The molecule has 2 aliphatic rings. The van der Waals surface area contributed by atoms with E-state index >= 15 is 0 Å². The van der Waals surface area contributed by atoms with Crippen LogP contribution in [0.15, 0.2) is 10.6 Å².